The van der Waals surface area contributed by atoms with E-state index in [2.05, 4.69) is 0 Å². The van der Waals surface area contributed by atoms with Gasteiger partial charge in [0.25, 0.3) is 0 Å². The van der Waals surface area contributed by atoms with Crippen LogP contribution < -0.4 is 0 Å². The lowest BCUT2D eigenvalue weighted by Crippen LogP contribution is -2.43. The minimum Gasteiger partial charge on any atom is -0.207 e. The molecule has 1 aromatic carbocycles. The van der Waals surface area contributed by atoms with Gasteiger partial charge in [0.15, 0.2) is 0 Å². The smallest absolute Gasteiger partial charge is 0.207 e. The lowest BCUT2D eigenvalue weighted by Gasteiger charge is -2.33. The summed E-state index contributed by atoms with van der Waals surface area (Å²) >= 11 is 12.0. The van der Waals surface area contributed by atoms with Crippen LogP contribution in [0.15, 0.2) is 29.2 Å². The molecule has 0 saturated carbocycles. The zero-order valence-corrected chi connectivity index (χ0v) is 12.3. The molecule has 1 aromatic rings. The molecular formula is C12H15Cl2NO2S. The number of halogens is 2. The highest BCUT2D eigenvalue weighted by atomic mass is 35.5. The summed E-state index contributed by atoms with van der Waals surface area (Å²) in [6.07, 6.45) is 0.786. The summed E-state index contributed by atoms with van der Waals surface area (Å²) in [4.78, 5) is 0.230. The lowest BCUT2D eigenvalue weighted by atomic mass is 10.0. The molecule has 2 unspecified atom stereocenters. The molecule has 0 aromatic heterocycles. The van der Waals surface area contributed by atoms with Crippen LogP contribution in [-0.4, -0.2) is 31.2 Å². The summed E-state index contributed by atoms with van der Waals surface area (Å²) in [5.41, 5.74) is 0. The summed E-state index contributed by atoms with van der Waals surface area (Å²) in [5.74, 6) is 0.345. The molecule has 0 bridgehead atoms. The van der Waals surface area contributed by atoms with Crippen molar-refractivity contribution in [3.8, 4) is 0 Å². The van der Waals surface area contributed by atoms with Crippen LogP contribution in [0.3, 0.4) is 0 Å². The van der Waals surface area contributed by atoms with E-state index >= 15 is 0 Å². The zero-order valence-electron chi connectivity index (χ0n) is 10.0. The second kappa shape index (κ2) is 5.37. The van der Waals surface area contributed by atoms with Crippen LogP contribution in [0.25, 0.3) is 0 Å². The number of alkyl halides is 1. The molecule has 0 amide bonds. The maximum Gasteiger partial charge on any atom is 0.243 e. The van der Waals surface area contributed by atoms with Crippen LogP contribution in [0.1, 0.15) is 13.3 Å². The Hall–Kier alpha value is -0.290. The normalized spacial score (nSPS) is 26.2. The van der Waals surface area contributed by atoms with Crippen molar-refractivity contribution in [3.63, 3.8) is 0 Å². The van der Waals surface area contributed by atoms with Crippen LogP contribution >= 0.6 is 23.2 Å². The van der Waals surface area contributed by atoms with Gasteiger partial charge in [-0.2, -0.15) is 4.31 Å². The third-order valence-corrected chi connectivity index (χ3v) is 5.93. The maximum atomic E-state index is 12.4. The van der Waals surface area contributed by atoms with Gasteiger partial charge in [0, 0.05) is 23.5 Å². The highest BCUT2D eigenvalue weighted by Crippen LogP contribution is 2.27. The van der Waals surface area contributed by atoms with E-state index in [0.29, 0.717) is 24.0 Å². The summed E-state index contributed by atoms with van der Waals surface area (Å²) < 4.78 is 26.2. The Morgan fingerprint density at radius 3 is 2.72 bits per heavy atom. The molecule has 0 spiro atoms. The molecule has 0 N–H and O–H groups in total. The van der Waals surface area contributed by atoms with E-state index < -0.39 is 10.0 Å². The standard InChI is InChI=1S/C12H15Cl2NO2S/c1-9-5-6-15(8-12(9)14)18(16,17)11-4-2-3-10(13)7-11/h2-4,7,9,12H,5-6,8H2,1H3. The van der Waals surface area contributed by atoms with Crippen molar-refractivity contribution in [1.29, 1.82) is 0 Å². The predicted octanol–water partition coefficient (Wildman–Crippen LogP) is 2.98. The van der Waals surface area contributed by atoms with Gasteiger partial charge in [-0.1, -0.05) is 24.6 Å². The molecule has 3 nitrogen and oxygen atoms in total. The molecule has 1 aliphatic rings. The minimum absolute atomic E-state index is 0.132. The molecule has 2 rings (SSSR count). The third kappa shape index (κ3) is 2.82. The van der Waals surface area contributed by atoms with Crippen LogP contribution in [0.2, 0.25) is 5.02 Å². The predicted molar refractivity (Wildman–Crippen MR) is 73.6 cm³/mol. The zero-order chi connectivity index (χ0) is 13.3. The van der Waals surface area contributed by atoms with E-state index in [9.17, 15) is 8.42 Å². The second-order valence-corrected chi connectivity index (χ2v) is 7.54. The van der Waals surface area contributed by atoms with Crippen molar-refractivity contribution >= 4 is 33.2 Å². The average Bonchev–Trinajstić information content (AvgIpc) is 2.32. The van der Waals surface area contributed by atoms with E-state index in [1.165, 1.54) is 10.4 Å². The molecule has 1 saturated heterocycles. The van der Waals surface area contributed by atoms with Gasteiger partial charge in [-0.3, -0.25) is 0 Å². The first-order valence-corrected chi connectivity index (χ1v) is 8.06. The summed E-state index contributed by atoms with van der Waals surface area (Å²) in [6.45, 7) is 2.91. The number of piperidine rings is 1. The fourth-order valence-corrected chi connectivity index (χ4v) is 4.15. The van der Waals surface area contributed by atoms with Gasteiger partial charge in [0.2, 0.25) is 10.0 Å². The number of benzene rings is 1. The van der Waals surface area contributed by atoms with Crippen LogP contribution in [0.4, 0.5) is 0 Å². The topological polar surface area (TPSA) is 37.4 Å². The van der Waals surface area contributed by atoms with Crippen LogP contribution in [0, 0.1) is 5.92 Å². The van der Waals surface area contributed by atoms with Crippen molar-refractivity contribution in [1.82, 2.24) is 4.31 Å². The van der Waals surface area contributed by atoms with Gasteiger partial charge in [-0.05, 0) is 30.5 Å². The summed E-state index contributed by atoms with van der Waals surface area (Å²) in [5, 5.41) is 0.289. The van der Waals surface area contributed by atoms with E-state index in [4.69, 9.17) is 23.2 Å². The minimum atomic E-state index is -3.48. The Labute approximate surface area is 118 Å². The first-order valence-electron chi connectivity index (χ1n) is 5.81. The van der Waals surface area contributed by atoms with Gasteiger partial charge in [0.05, 0.1) is 4.90 Å². The number of rotatable bonds is 2. The summed E-state index contributed by atoms with van der Waals surface area (Å²) in [6, 6.07) is 6.32. The van der Waals surface area contributed by atoms with Crippen molar-refractivity contribution in [2.24, 2.45) is 5.92 Å². The molecular weight excluding hydrogens is 293 g/mol. The first kappa shape index (κ1) is 14.1. The Morgan fingerprint density at radius 1 is 1.39 bits per heavy atom. The van der Waals surface area contributed by atoms with Crippen LogP contribution in [0.5, 0.6) is 0 Å². The average molecular weight is 308 g/mol. The highest BCUT2D eigenvalue weighted by Gasteiger charge is 2.32. The number of hydrogen-bond acceptors (Lipinski definition) is 2. The van der Waals surface area contributed by atoms with E-state index in [1.54, 1.807) is 18.2 Å². The van der Waals surface area contributed by atoms with Crippen molar-refractivity contribution in [2.75, 3.05) is 13.1 Å². The quantitative estimate of drug-likeness (QED) is 0.788. The maximum absolute atomic E-state index is 12.4. The summed E-state index contributed by atoms with van der Waals surface area (Å²) in [7, 11) is -3.48. The van der Waals surface area contributed by atoms with Crippen molar-refractivity contribution in [3.05, 3.63) is 29.3 Å². The highest BCUT2D eigenvalue weighted by molar-refractivity contribution is 7.89. The van der Waals surface area contributed by atoms with Gasteiger partial charge >= 0.3 is 0 Å². The van der Waals surface area contributed by atoms with Crippen molar-refractivity contribution in [2.45, 2.75) is 23.6 Å². The van der Waals surface area contributed by atoms with Gasteiger partial charge < -0.3 is 0 Å². The largest absolute Gasteiger partial charge is 0.243 e. The van der Waals surface area contributed by atoms with E-state index in [0.717, 1.165) is 6.42 Å². The Kier molecular flexibility index (Phi) is 4.22. The van der Waals surface area contributed by atoms with Gasteiger partial charge in [-0.25, -0.2) is 8.42 Å². The molecule has 0 radical (unpaired) electrons. The molecule has 1 fully saturated rings. The fourth-order valence-electron chi connectivity index (χ4n) is 1.99. The van der Waals surface area contributed by atoms with Gasteiger partial charge in [0.1, 0.15) is 0 Å². The Morgan fingerprint density at radius 2 is 2.11 bits per heavy atom. The first-order chi connectivity index (χ1) is 8.41. The Balaban J connectivity index is 2.27. The molecule has 1 aliphatic heterocycles. The lowest BCUT2D eigenvalue weighted by molar-refractivity contribution is 0.293. The van der Waals surface area contributed by atoms with Gasteiger partial charge in [-0.15, -0.1) is 11.6 Å². The van der Waals surface area contributed by atoms with E-state index in [1.807, 2.05) is 6.92 Å². The van der Waals surface area contributed by atoms with Crippen molar-refractivity contribution < 1.29 is 8.42 Å². The molecule has 2 atom stereocenters. The molecule has 6 heteroatoms. The Bertz CT molecular complexity index is 533. The van der Waals surface area contributed by atoms with Crippen LogP contribution in [-0.2, 0) is 10.0 Å². The molecule has 0 aliphatic carbocycles. The fraction of sp³-hybridized carbons (Fsp3) is 0.500. The third-order valence-electron chi connectivity index (χ3n) is 3.26. The number of nitrogens with zero attached hydrogens (tertiary/aromatic N) is 1. The SMILES string of the molecule is CC1CCN(S(=O)(=O)c2cccc(Cl)c2)CC1Cl. The van der Waals surface area contributed by atoms with E-state index in [-0.39, 0.29) is 10.3 Å². The molecule has 100 valence electrons. The molecule has 18 heavy (non-hydrogen) atoms. The number of sulfonamides is 1. The second-order valence-electron chi connectivity index (χ2n) is 4.60. The monoisotopic (exact) mass is 307 g/mol. The molecule has 1 heterocycles. The number of hydrogen-bond donors (Lipinski definition) is 0.